The second-order valence-corrected chi connectivity index (χ2v) is 3.76. The maximum atomic E-state index is 11.7. The quantitative estimate of drug-likeness (QED) is 0.337. The molecule has 1 aromatic rings. The van der Waals surface area contributed by atoms with Gasteiger partial charge in [0.25, 0.3) is 0 Å². The minimum atomic E-state index is -0.414. The molecule has 0 saturated heterocycles. The Bertz CT molecular complexity index is 428. The van der Waals surface area contributed by atoms with Gasteiger partial charge in [-0.1, -0.05) is 5.16 Å². The molecule has 0 aromatic carbocycles. The molecule has 0 spiro atoms. The number of furan rings is 1. The largest absolute Gasteiger partial charge is 0.472 e. The van der Waals surface area contributed by atoms with Crippen LogP contribution < -0.4 is 0 Å². The molecular weight excluding hydrogens is 234 g/mol. The van der Waals surface area contributed by atoms with Gasteiger partial charge in [0.1, 0.15) is 6.61 Å². The third-order valence-corrected chi connectivity index (χ3v) is 1.89. The molecule has 1 heterocycles. The molecule has 5 nitrogen and oxygen atoms in total. The van der Waals surface area contributed by atoms with Crippen LogP contribution in [0.4, 0.5) is 0 Å². The molecule has 0 aliphatic heterocycles. The number of hydrogen-bond donors (Lipinski definition) is 0. The summed E-state index contributed by atoms with van der Waals surface area (Å²) < 4.78 is 9.88. The molecule has 0 atom stereocenters. The van der Waals surface area contributed by atoms with Crippen LogP contribution in [0.5, 0.6) is 0 Å². The Kier molecular flexibility index (Phi) is 5.70. The summed E-state index contributed by atoms with van der Waals surface area (Å²) in [7, 11) is 0. The van der Waals surface area contributed by atoms with Crippen molar-refractivity contribution in [1.29, 1.82) is 0 Å². The highest BCUT2D eigenvalue weighted by Gasteiger charge is 2.11. The fraction of sp³-hybridized carbons (Fsp3) is 0.385. The summed E-state index contributed by atoms with van der Waals surface area (Å²) in [6, 6.07) is 1.74. The normalized spacial score (nSPS) is 10.9. The monoisotopic (exact) mass is 251 g/mol. The third kappa shape index (κ3) is 4.86. The molecule has 0 N–H and O–H groups in total. The van der Waals surface area contributed by atoms with Gasteiger partial charge in [0.2, 0.25) is 0 Å². The highest BCUT2D eigenvalue weighted by molar-refractivity contribution is 5.93. The van der Waals surface area contributed by atoms with Gasteiger partial charge in [-0.25, -0.2) is 4.79 Å². The van der Waals surface area contributed by atoms with E-state index in [0.717, 1.165) is 11.3 Å². The minimum absolute atomic E-state index is 0.0647. The number of hydrogen-bond acceptors (Lipinski definition) is 5. The second-order valence-electron chi connectivity index (χ2n) is 3.76. The maximum Gasteiger partial charge on any atom is 0.337 e. The van der Waals surface area contributed by atoms with Crippen molar-refractivity contribution in [3.05, 3.63) is 29.7 Å². The Morgan fingerprint density at radius 1 is 1.50 bits per heavy atom. The van der Waals surface area contributed by atoms with Gasteiger partial charge in [-0.3, -0.25) is 0 Å². The van der Waals surface area contributed by atoms with Gasteiger partial charge in [0.05, 0.1) is 30.4 Å². The van der Waals surface area contributed by atoms with Crippen LogP contribution in [0, 0.1) is 0 Å². The number of ether oxygens (including phenoxy) is 1. The van der Waals surface area contributed by atoms with Crippen molar-refractivity contribution in [3.63, 3.8) is 0 Å². The van der Waals surface area contributed by atoms with Gasteiger partial charge >= 0.3 is 5.97 Å². The molecule has 1 aromatic heterocycles. The molecule has 0 saturated carbocycles. The lowest BCUT2D eigenvalue weighted by Crippen LogP contribution is -2.11. The molecule has 18 heavy (non-hydrogen) atoms. The molecule has 0 fully saturated rings. The molecule has 1 rings (SSSR count). The average molecular weight is 251 g/mol. The molecule has 5 heteroatoms. The summed E-state index contributed by atoms with van der Waals surface area (Å²) in [5.74, 6) is -0.414. The van der Waals surface area contributed by atoms with E-state index in [4.69, 9.17) is 14.0 Å². The van der Waals surface area contributed by atoms with Crippen LogP contribution in [0.25, 0.3) is 6.08 Å². The lowest BCUT2D eigenvalue weighted by molar-refractivity contribution is -0.139. The first-order valence-electron chi connectivity index (χ1n) is 5.66. The van der Waals surface area contributed by atoms with Crippen LogP contribution in [0.2, 0.25) is 0 Å². The Labute approximate surface area is 106 Å². The second kappa shape index (κ2) is 7.32. The van der Waals surface area contributed by atoms with Crippen LogP contribution in [0.3, 0.4) is 0 Å². The topological polar surface area (TPSA) is 61.0 Å². The zero-order valence-electron chi connectivity index (χ0n) is 10.8. The zero-order valence-corrected chi connectivity index (χ0v) is 10.8. The van der Waals surface area contributed by atoms with Crippen LogP contribution in [0.1, 0.15) is 26.3 Å². The predicted octanol–water partition coefficient (Wildman–Crippen LogP) is 2.64. The van der Waals surface area contributed by atoms with Gasteiger partial charge in [-0.15, -0.1) is 0 Å². The fourth-order valence-corrected chi connectivity index (χ4v) is 1.17. The lowest BCUT2D eigenvalue weighted by atomic mass is 10.2. The number of rotatable bonds is 6. The molecule has 0 bridgehead atoms. The van der Waals surface area contributed by atoms with E-state index in [-0.39, 0.29) is 6.61 Å². The van der Waals surface area contributed by atoms with Crippen LogP contribution in [0.15, 0.2) is 33.7 Å². The fourth-order valence-electron chi connectivity index (χ4n) is 1.17. The Morgan fingerprint density at radius 3 is 2.83 bits per heavy atom. The van der Waals surface area contributed by atoms with Gasteiger partial charge in [0.15, 0.2) is 0 Å². The molecule has 0 unspecified atom stereocenters. The van der Waals surface area contributed by atoms with E-state index in [1.165, 1.54) is 12.5 Å². The molecule has 0 aliphatic rings. The van der Waals surface area contributed by atoms with E-state index in [1.807, 2.05) is 13.8 Å². The summed E-state index contributed by atoms with van der Waals surface area (Å²) in [6.45, 7) is 5.75. The number of nitrogens with zero attached hydrogens (tertiary/aromatic N) is 1. The van der Waals surface area contributed by atoms with Crippen molar-refractivity contribution in [2.75, 3.05) is 13.2 Å². The van der Waals surface area contributed by atoms with E-state index < -0.39 is 5.97 Å². The van der Waals surface area contributed by atoms with Crippen molar-refractivity contribution >= 4 is 17.8 Å². The Hall–Kier alpha value is -2.04. The zero-order chi connectivity index (χ0) is 13.4. The van der Waals surface area contributed by atoms with Gasteiger partial charge in [-0.2, -0.15) is 0 Å². The number of carbonyl (C=O) groups is 1. The highest BCUT2D eigenvalue weighted by Crippen LogP contribution is 2.10. The minimum Gasteiger partial charge on any atom is -0.472 e. The van der Waals surface area contributed by atoms with Gasteiger partial charge < -0.3 is 14.0 Å². The van der Waals surface area contributed by atoms with Crippen LogP contribution >= 0.6 is 0 Å². The molecule has 98 valence electrons. The number of esters is 1. The summed E-state index contributed by atoms with van der Waals surface area (Å²) in [6.07, 6.45) is 4.72. The molecule has 0 aliphatic carbocycles. The first-order chi connectivity index (χ1) is 8.63. The van der Waals surface area contributed by atoms with E-state index >= 15 is 0 Å². The predicted molar refractivity (Wildman–Crippen MR) is 68.1 cm³/mol. The summed E-state index contributed by atoms with van der Waals surface area (Å²) in [5, 5.41) is 3.78. The molecule has 0 amide bonds. The third-order valence-electron chi connectivity index (χ3n) is 1.89. The number of carbonyl (C=O) groups excluding carboxylic acids is 1. The Morgan fingerprint density at radius 2 is 2.28 bits per heavy atom. The average Bonchev–Trinajstić information content (AvgIpc) is 2.80. The number of oxime groups is 1. The van der Waals surface area contributed by atoms with Crippen LogP contribution in [-0.2, 0) is 14.4 Å². The van der Waals surface area contributed by atoms with Crippen molar-refractivity contribution in [1.82, 2.24) is 0 Å². The summed E-state index contributed by atoms with van der Waals surface area (Å²) >= 11 is 0. The summed E-state index contributed by atoms with van der Waals surface area (Å²) in [4.78, 5) is 16.8. The lowest BCUT2D eigenvalue weighted by Gasteiger charge is -2.05. The first kappa shape index (κ1) is 14.0. The Balaban J connectivity index is 2.75. The standard InChI is InChI=1S/C13H17NO4/c1-4-17-13(15)12(9-18-14-10(2)3)7-11-5-6-16-8-11/h5-8H,4,9H2,1-3H3/b12-7+. The van der Waals surface area contributed by atoms with E-state index in [9.17, 15) is 4.79 Å². The molecular formula is C13H17NO4. The van der Waals surface area contributed by atoms with Crippen LogP contribution in [-0.4, -0.2) is 24.9 Å². The van der Waals surface area contributed by atoms with Gasteiger partial charge in [0, 0.05) is 5.56 Å². The van der Waals surface area contributed by atoms with Crippen molar-refractivity contribution in [2.45, 2.75) is 20.8 Å². The van der Waals surface area contributed by atoms with E-state index in [0.29, 0.717) is 12.2 Å². The SMILES string of the molecule is CCOC(=O)/C(=C/c1ccoc1)CON=C(C)C. The van der Waals surface area contributed by atoms with E-state index in [2.05, 4.69) is 5.16 Å². The maximum absolute atomic E-state index is 11.7. The van der Waals surface area contributed by atoms with Crippen molar-refractivity contribution < 1.29 is 18.8 Å². The smallest absolute Gasteiger partial charge is 0.337 e. The van der Waals surface area contributed by atoms with Gasteiger partial charge in [-0.05, 0) is 32.9 Å². The molecule has 0 radical (unpaired) electrons. The van der Waals surface area contributed by atoms with Crippen molar-refractivity contribution in [2.24, 2.45) is 5.16 Å². The first-order valence-corrected chi connectivity index (χ1v) is 5.66. The highest BCUT2D eigenvalue weighted by atomic mass is 16.6. The van der Waals surface area contributed by atoms with Crippen molar-refractivity contribution in [3.8, 4) is 0 Å². The van der Waals surface area contributed by atoms with E-state index in [1.54, 1.807) is 19.1 Å². The summed E-state index contributed by atoms with van der Waals surface area (Å²) in [5.41, 5.74) is 1.95.